The van der Waals surface area contributed by atoms with E-state index in [0.717, 1.165) is 54.7 Å². The zero-order chi connectivity index (χ0) is 20.2. The van der Waals surface area contributed by atoms with Gasteiger partial charge in [-0.05, 0) is 39.3 Å². The van der Waals surface area contributed by atoms with E-state index in [9.17, 15) is 4.79 Å². The number of pyridine rings is 1. The second-order valence-electron chi connectivity index (χ2n) is 9.04. The van der Waals surface area contributed by atoms with Crippen molar-refractivity contribution in [3.8, 4) is 0 Å². The summed E-state index contributed by atoms with van der Waals surface area (Å²) in [7, 11) is 4.24. The van der Waals surface area contributed by atoms with Gasteiger partial charge in [0.15, 0.2) is 5.58 Å². The summed E-state index contributed by atoms with van der Waals surface area (Å²) in [5.41, 5.74) is 2.81. The average Bonchev–Trinajstić information content (AvgIpc) is 3.17. The van der Waals surface area contributed by atoms with Crippen LogP contribution in [0.2, 0.25) is 0 Å². The van der Waals surface area contributed by atoms with Gasteiger partial charge in [0.2, 0.25) is 5.91 Å². The van der Waals surface area contributed by atoms with Gasteiger partial charge < -0.3 is 14.3 Å². The molecule has 2 aromatic heterocycles. The van der Waals surface area contributed by atoms with Crippen LogP contribution in [0, 0.1) is 5.92 Å². The minimum atomic E-state index is 0.232. The molecule has 0 atom stereocenters. The summed E-state index contributed by atoms with van der Waals surface area (Å²) < 4.78 is 5.58. The van der Waals surface area contributed by atoms with Gasteiger partial charge in [-0.25, -0.2) is 0 Å². The molecule has 0 aromatic carbocycles. The number of amides is 1. The second kappa shape index (κ2) is 9.24. The van der Waals surface area contributed by atoms with Gasteiger partial charge in [-0.1, -0.05) is 37.3 Å². The summed E-state index contributed by atoms with van der Waals surface area (Å²) in [5.74, 6) is 0.945. The number of fused-ring (bicyclic) bond motifs is 1. The molecule has 6 nitrogen and oxygen atoms in total. The van der Waals surface area contributed by atoms with Crippen LogP contribution in [0.5, 0.6) is 0 Å². The largest absolute Gasteiger partial charge is 0.356 e. The fraction of sp³-hybridized carbons (Fsp3) is 0.696. The molecule has 2 aliphatic rings. The smallest absolute Gasteiger partial charge is 0.222 e. The number of carbonyl (C=O) groups is 1. The number of hydrogen-bond acceptors (Lipinski definition) is 5. The predicted octanol–water partition coefficient (Wildman–Crippen LogP) is 3.83. The van der Waals surface area contributed by atoms with Crippen LogP contribution in [-0.2, 0) is 17.6 Å². The Hall–Kier alpha value is -1.95. The SMILES string of the molecule is CN(C)C1CCN(C(=O)CCc2noc3ccnc(CC4CCCCC4)c23)CC1. The van der Waals surface area contributed by atoms with E-state index >= 15 is 0 Å². The highest BCUT2D eigenvalue weighted by Gasteiger charge is 2.25. The van der Waals surface area contributed by atoms with E-state index in [4.69, 9.17) is 4.52 Å². The number of likely N-dealkylation sites (tertiary alicyclic amines) is 1. The van der Waals surface area contributed by atoms with Gasteiger partial charge in [0.25, 0.3) is 0 Å². The number of hydrogen-bond donors (Lipinski definition) is 0. The first-order valence-corrected chi connectivity index (χ1v) is 11.3. The van der Waals surface area contributed by atoms with Crippen LogP contribution in [0.1, 0.15) is 62.8 Å². The van der Waals surface area contributed by atoms with Crippen LogP contribution in [0.15, 0.2) is 16.8 Å². The van der Waals surface area contributed by atoms with Crippen LogP contribution in [0.4, 0.5) is 0 Å². The summed E-state index contributed by atoms with van der Waals surface area (Å²) in [6.07, 6.45) is 12.7. The molecule has 1 amide bonds. The Labute approximate surface area is 173 Å². The van der Waals surface area contributed by atoms with Crippen molar-refractivity contribution in [1.82, 2.24) is 19.9 Å². The Morgan fingerprint density at radius 2 is 1.90 bits per heavy atom. The van der Waals surface area contributed by atoms with Gasteiger partial charge >= 0.3 is 0 Å². The molecule has 4 rings (SSSR count). The number of carbonyl (C=O) groups excluding carboxylic acids is 1. The lowest BCUT2D eigenvalue weighted by atomic mass is 9.85. The third kappa shape index (κ3) is 4.80. The van der Waals surface area contributed by atoms with Gasteiger partial charge in [-0.15, -0.1) is 0 Å². The van der Waals surface area contributed by atoms with Gasteiger partial charge in [0.1, 0.15) is 0 Å². The minimum absolute atomic E-state index is 0.232. The lowest BCUT2D eigenvalue weighted by molar-refractivity contribution is -0.132. The zero-order valence-corrected chi connectivity index (χ0v) is 17.9. The zero-order valence-electron chi connectivity index (χ0n) is 17.9. The van der Waals surface area contributed by atoms with Crippen LogP contribution < -0.4 is 0 Å². The monoisotopic (exact) mass is 398 g/mol. The Bertz CT molecular complexity index is 817. The van der Waals surface area contributed by atoms with Crippen LogP contribution >= 0.6 is 0 Å². The highest BCUT2D eigenvalue weighted by atomic mass is 16.5. The molecule has 0 spiro atoms. The Morgan fingerprint density at radius 1 is 1.14 bits per heavy atom. The van der Waals surface area contributed by atoms with Crippen molar-refractivity contribution in [1.29, 1.82) is 0 Å². The molecular weight excluding hydrogens is 364 g/mol. The van der Waals surface area contributed by atoms with Crippen molar-refractivity contribution in [2.45, 2.75) is 70.3 Å². The van der Waals surface area contributed by atoms with E-state index < -0.39 is 0 Å². The van der Waals surface area contributed by atoms with Crippen molar-refractivity contribution in [3.63, 3.8) is 0 Å². The van der Waals surface area contributed by atoms with Crippen LogP contribution in [-0.4, -0.2) is 59.1 Å². The molecule has 0 unspecified atom stereocenters. The van der Waals surface area contributed by atoms with Crippen molar-refractivity contribution < 1.29 is 9.32 Å². The molecule has 1 saturated carbocycles. The first kappa shape index (κ1) is 20.3. The second-order valence-corrected chi connectivity index (χ2v) is 9.04. The number of aromatic nitrogens is 2. The van der Waals surface area contributed by atoms with E-state index in [1.807, 2.05) is 17.2 Å². The fourth-order valence-electron chi connectivity index (χ4n) is 5.03. The van der Waals surface area contributed by atoms with E-state index in [-0.39, 0.29) is 5.91 Å². The van der Waals surface area contributed by atoms with Crippen molar-refractivity contribution in [2.75, 3.05) is 27.2 Å². The van der Waals surface area contributed by atoms with E-state index in [1.165, 1.54) is 32.1 Å². The summed E-state index contributed by atoms with van der Waals surface area (Å²) in [4.78, 5) is 21.7. The predicted molar refractivity (Wildman–Crippen MR) is 114 cm³/mol. The molecular formula is C23H34N4O2. The quantitative estimate of drug-likeness (QED) is 0.740. The van der Waals surface area contributed by atoms with E-state index in [2.05, 4.69) is 29.1 Å². The molecule has 1 aliphatic carbocycles. The minimum Gasteiger partial charge on any atom is -0.356 e. The normalized spacial score (nSPS) is 19.3. The fourth-order valence-corrected chi connectivity index (χ4v) is 5.03. The first-order valence-electron chi connectivity index (χ1n) is 11.3. The van der Waals surface area contributed by atoms with Gasteiger partial charge in [-0.3, -0.25) is 9.78 Å². The Balaban J connectivity index is 1.40. The lowest BCUT2D eigenvalue weighted by Crippen LogP contribution is -2.44. The van der Waals surface area contributed by atoms with Crippen LogP contribution in [0.3, 0.4) is 0 Å². The number of piperidine rings is 1. The molecule has 0 N–H and O–H groups in total. The van der Waals surface area contributed by atoms with Crippen LogP contribution in [0.25, 0.3) is 11.0 Å². The molecule has 0 radical (unpaired) electrons. The van der Waals surface area contributed by atoms with E-state index in [1.54, 1.807) is 0 Å². The molecule has 0 bridgehead atoms. The van der Waals surface area contributed by atoms with E-state index in [0.29, 0.717) is 24.8 Å². The molecule has 158 valence electrons. The Morgan fingerprint density at radius 3 is 2.62 bits per heavy atom. The third-order valence-electron chi connectivity index (χ3n) is 6.86. The average molecular weight is 399 g/mol. The molecule has 1 saturated heterocycles. The molecule has 3 heterocycles. The maximum atomic E-state index is 12.7. The van der Waals surface area contributed by atoms with Gasteiger partial charge in [-0.2, -0.15) is 0 Å². The van der Waals surface area contributed by atoms with Crippen molar-refractivity contribution in [2.24, 2.45) is 5.92 Å². The molecule has 6 heteroatoms. The maximum Gasteiger partial charge on any atom is 0.222 e. The summed E-state index contributed by atoms with van der Waals surface area (Å²) >= 11 is 0. The first-order chi connectivity index (χ1) is 14.1. The van der Waals surface area contributed by atoms with Crippen molar-refractivity contribution in [3.05, 3.63) is 23.7 Å². The molecule has 29 heavy (non-hydrogen) atoms. The number of nitrogens with zero attached hydrogens (tertiary/aromatic N) is 4. The van der Waals surface area contributed by atoms with Gasteiger partial charge in [0.05, 0.1) is 16.8 Å². The molecule has 2 fully saturated rings. The molecule has 2 aromatic rings. The van der Waals surface area contributed by atoms with Gasteiger partial charge in [0, 0.05) is 44.2 Å². The standard InChI is InChI=1S/C23H34N4O2/c1-26(2)18-11-14-27(15-12-18)22(28)9-8-19-23-20(16-17-6-4-3-5-7-17)24-13-10-21(23)29-25-19/h10,13,17-18H,3-9,11-12,14-16H2,1-2H3. The third-order valence-corrected chi connectivity index (χ3v) is 6.86. The topological polar surface area (TPSA) is 62.5 Å². The summed E-state index contributed by atoms with van der Waals surface area (Å²) in [6.45, 7) is 1.71. The lowest BCUT2D eigenvalue weighted by Gasteiger charge is -2.35. The summed E-state index contributed by atoms with van der Waals surface area (Å²) in [5, 5.41) is 5.36. The summed E-state index contributed by atoms with van der Waals surface area (Å²) in [6, 6.07) is 2.48. The number of rotatable bonds is 6. The highest BCUT2D eigenvalue weighted by Crippen LogP contribution is 2.30. The van der Waals surface area contributed by atoms with Crippen molar-refractivity contribution >= 4 is 16.9 Å². The molecule has 1 aliphatic heterocycles. The maximum absolute atomic E-state index is 12.7. The Kier molecular flexibility index (Phi) is 6.48. The highest BCUT2D eigenvalue weighted by molar-refractivity contribution is 5.83. The number of aryl methyl sites for hydroxylation is 1.